The van der Waals surface area contributed by atoms with Crippen LogP contribution < -0.4 is 0 Å². The molecule has 0 fully saturated rings. The van der Waals surface area contributed by atoms with Gasteiger partial charge in [0.2, 0.25) is 0 Å². The quantitative estimate of drug-likeness (QED) is 0.372. The molecular formula is C22H32O3. The first-order valence-corrected chi connectivity index (χ1v) is 8.74. The van der Waals surface area contributed by atoms with Crippen LogP contribution in [0.15, 0.2) is 58.7 Å². The van der Waals surface area contributed by atoms with E-state index in [1.165, 1.54) is 24.3 Å². The Hall–Kier alpha value is -1.87. The van der Waals surface area contributed by atoms with E-state index < -0.39 is 0 Å². The van der Waals surface area contributed by atoms with Gasteiger partial charge in [-0.05, 0) is 55.7 Å². The first-order valence-electron chi connectivity index (χ1n) is 8.74. The molecule has 0 radical (unpaired) electrons. The summed E-state index contributed by atoms with van der Waals surface area (Å²) in [7, 11) is 3.16. The lowest BCUT2D eigenvalue weighted by Crippen LogP contribution is -2.28. The number of esters is 1. The van der Waals surface area contributed by atoms with E-state index in [0.717, 1.165) is 24.0 Å². The molecule has 1 aliphatic carbocycles. The van der Waals surface area contributed by atoms with E-state index in [-0.39, 0.29) is 17.5 Å². The summed E-state index contributed by atoms with van der Waals surface area (Å²) in [5, 5.41) is 0. The molecule has 0 aromatic carbocycles. The Labute approximate surface area is 152 Å². The van der Waals surface area contributed by atoms with Crippen molar-refractivity contribution in [1.29, 1.82) is 0 Å². The van der Waals surface area contributed by atoms with Gasteiger partial charge in [-0.2, -0.15) is 0 Å². The maximum atomic E-state index is 11.2. The van der Waals surface area contributed by atoms with Gasteiger partial charge in [-0.1, -0.05) is 49.8 Å². The van der Waals surface area contributed by atoms with Gasteiger partial charge in [0.05, 0.1) is 13.2 Å². The van der Waals surface area contributed by atoms with Gasteiger partial charge in [0.1, 0.15) is 0 Å². The summed E-state index contributed by atoms with van der Waals surface area (Å²) in [5.41, 5.74) is 4.87. The molecule has 0 N–H and O–H groups in total. The predicted octanol–water partition coefficient (Wildman–Crippen LogP) is 5.32. The molecule has 0 aromatic heterocycles. The molecular weight excluding hydrogens is 312 g/mol. The van der Waals surface area contributed by atoms with Crippen molar-refractivity contribution >= 4 is 5.97 Å². The van der Waals surface area contributed by atoms with Crippen molar-refractivity contribution in [2.24, 2.45) is 5.41 Å². The summed E-state index contributed by atoms with van der Waals surface area (Å²) in [6.45, 7) is 10.7. The Morgan fingerprint density at radius 2 is 1.84 bits per heavy atom. The number of rotatable bonds is 6. The van der Waals surface area contributed by atoms with Gasteiger partial charge in [-0.25, -0.2) is 4.79 Å². The topological polar surface area (TPSA) is 35.5 Å². The molecule has 1 aliphatic rings. The van der Waals surface area contributed by atoms with Crippen LogP contribution >= 0.6 is 0 Å². The minimum Gasteiger partial charge on any atom is -0.466 e. The van der Waals surface area contributed by atoms with Gasteiger partial charge in [-0.15, -0.1) is 0 Å². The first-order chi connectivity index (χ1) is 11.7. The molecule has 0 heterocycles. The largest absolute Gasteiger partial charge is 0.466 e. The molecule has 0 bridgehead atoms. The Morgan fingerprint density at radius 1 is 1.16 bits per heavy atom. The molecule has 0 aliphatic heterocycles. The standard InChI is InChI=1S/C22H32O3/c1-16(9-8-10-17(2)15-21(23)25-7)11-12-19-18(3)20(24-6)13-14-22(19,4)5/h8-12,15,20H,13-14H2,1-7H3/b10-8+,12-11+,16-9+,17-15+/t20-/m0/s1. The van der Waals surface area contributed by atoms with Crippen molar-refractivity contribution in [3.8, 4) is 0 Å². The summed E-state index contributed by atoms with van der Waals surface area (Å²) < 4.78 is 10.2. The molecule has 1 rings (SSSR count). The summed E-state index contributed by atoms with van der Waals surface area (Å²) in [5.74, 6) is -0.336. The third-order valence-electron chi connectivity index (χ3n) is 4.73. The van der Waals surface area contributed by atoms with Gasteiger partial charge in [0.15, 0.2) is 0 Å². The molecule has 0 saturated carbocycles. The summed E-state index contributed by atoms with van der Waals surface area (Å²) in [6, 6.07) is 0. The zero-order valence-corrected chi connectivity index (χ0v) is 16.7. The van der Waals surface area contributed by atoms with Crippen LogP contribution in [-0.4, -0.2) is 26.3 Å². The minimum atomic E-state index is -0.336. The van der Waals surface area contributed by atoms with Gasteiger partial charge >= 0.3 is 5.97 Å². The van der Waals surface area contributed by atoms with E-state index in [4.69, 9.17) is 4.74 Å². The van der Waals surface area contributed by atoms with Crippen LogP contribution in [-0.2, 0) is 14.3 Å². The van der Waals surface area contributed by atoms with Crippen molar-refractivity contribution < 1.29 is 14.3 Å². The molecule has 0 unspecified atom stereocenters. The third-order valence-corrected chi connectivity index (χ3v) is 4.73. The normalized spacial score (nSPS) is 22.1. The maximum absolute atomic E-state index is 11.2. The average Bonchev–Trinajstić information content (AvgIpc) is 2.54. The molecule has 0 amide bonds. The zero-order valence-electron chi connectivity index (χ0n) is 16.7. The fraction of sp³-hybridized carbons (Fsp3) is 0.500. The van der Waals surface area contributed by atoms with Crippen LogP contribution in [0.1, 0.15) is 47.5 Å². The molecule has 25 heavy (non-hydrogen) atoms. The number of carbonyl (C=O) groups excluding carboxylic acids is 1. The van der Waals surface area contributed by atoms with Crippen LogP contribution in [0, 0.1) is 5.41 Å². The fourth-order valence-electron chi connectivity index (χ4n) is 3.12. The van der Waals surface area contributed by atoms with Crippen molar-refractivity contribution in [3.05, 3.63) is 58.7 Å². The highest BCUT2D eigenvalue weighted by Crippen LogP contribution is 2.41. The lowest BCUT2D eigenvalue weighted by Gasteiger charge is -2.36. The Balaban J connectivity index is 2.88. The third kappa shape index (κ3) is 6.50. The number of hydrogen-bond donors (Lipinski definition) is 0. The molecule has 0 spiro atoms. The fourth-order valence-corrected chi connectivity index (χ4v) is 3.12. The van der Waals surface area contributed by atoms with Gasteiger partial charge in [0.25, 0.3) is 0 Å². The number of allylic oxidation sites excluding steroid dienone is 8. The molecule has 1 atom stereocenters. The number of hydrogen-bond acceptors (Lipinski definition) is 3. The number of carbonyl (C=O) groups is 1. The van der Waals surface area contributed by atoms with Crippen LogP contribution in [0.2, 0.25) is 0 Å². The van der Waals surface area contributed by atoms with Gasteiger partial charge in [0, 0.05) is 13.2 Å². The highest BCUT2D eigenvalue weighted by molar-refractivity contribution is 5.83. The van der Waals surface area contributed by atoms with Crippen LogP contribution in [0.25, 0.3) is 0 Å². The summed E-state index contributed by atoms with van der Waals surface area (Å²) in [6.07, 6.45) is 14.1. The molecule has 3 heteroatoms. The maximum Gasteiger partial charge on any atom is 0.330 e. The lowest BCUT2D eigenvalue weighted by atomic mass is 9.71. The number of ether oxygens (including phenoxy) is 2. The first kappa shape index (κ1) is 21.2. The monoisotopic (exact) mass is 344 g/mol. The molecule has 0 saturated heterocycles. The van der Waals surface area contributed by atoms with E-state index in [0.29, 0.717) is 0 Å². The van der Waals surface area contributed by atoms with E-state index in [2.05, 4.69) is 44.6 Å². The Morgan fingerprint density at radius 3 is 2.44 bits per heavy atom. The van der Waals surface area contributed by atoms with Gasteiger partial charge in [-0.3, -0.25) is 0 Å². The van der Waals surface area contributed by atoms with Crippen LogP contribution in [0.5, 0.6) is 0 Å². The second-order valence-electron chi connectivity index (χ2n) is 7.26. The Kier molecular flexibility index (Phi) is 8.11. The van der Waals surface area contributed by atoms with Crippen molar-refractivity contribution in [2.75, 3.05) is 14.2 Å². The van der Waals surface area contributed by atoms with Crippen molar-refractivity contribution in [1.82, 2.24) is 0 Å². The SMILES string of the molecule is COC(=O)/C=C(C)/C=C/C=C(C)/C=C/C1=C(C)[C@@H](OC)CCC1(C)C. The molecule has 138 valence electrons. The Bertz CT molecular complexity index is 628. The summed E-state index contributed by atoms with van der Waals surface area (Å²) >= 11 is 0. The average molecular weight is 344 g/mol. The molecule has 3 nitrogen and oxygen atoms in total. The second-order valence-corrected chi connectivity index (χ2v) is 7.26. The minimum absolute atomic E-state index is 0.172. The highest BCUT2D eigenvalue weighted by atomic mass is 16.5. The van der Waals surface area contributed by atoms with Crippen LogP contribution in [0.4, 0.5) is 0 Å². The van der Waals surface area contributed by atoms with E-state index in [1.807, 2.05) is 25.2 Å². The molecule has 0 aromatic rings. The second kappa shape index (κ2) is 9.57. The summed E-state index contributed by atoms with van der Waals surface area (Å²) in [4.78, 5) is 11.2. The van der Waals surface area contributed by atoms with Crippen molar-refractivity contribution in [2.45, 2.75) is 53.6 Å². The van der Waals surface area contributed by atoms with E-state index in [1.54, 1.807) is 7.11 Å². The van der Waals surface area contributed by atoms with Gasteiger partial charge < -0.3 is 9.47 Å². The van der Waals surface area contributed by atoms with E-state index in [9.17, 15) is 4.79 Å². The van der Waals surface area contributed by atoms with Crippen molar-refractivity contribution in [3.63, 3.8) is 0 Å². The number of methoxy groups -OCH3 is 2. The zero-order chi connectivity index (χ0) is 19.0. The lowest BCUT2D eigenvalue weighted by molar-refractivity contribution is -0.134. The smallest absolute Gasteiger partial charge is 0.330 e. The predicted molar refractivity (Wildman–Crippen MR) is 104 cm³/mol. The van der Waals surface area contributed by atoms with E-state index >= 15 is 0 Å². The van der Waals surface area contributed by atoms with Crippen LogP contribution in [0.3, 0.4) is 0 Å². The highest BCUT2D eigenvalue weighted by Gasteiger charge is 2.31.